The number of nitrogens with zero attached hydrogens (tertiary/aromatic N) is 2. The van der Waals surface area contributed by atoms with E-state index in [9.17, 15) is 14.0 Å². The second-order valence-corrected chi connectivity index (χ2v) is 8.79. The Morgan fingerprint density at radius 3 is 2.44 bits per heavy atom. The molecule has 1 N–H and O–H groups in total. The summed E-state index contributed by atoms with van der Waals surface area (Å²) < 4.78 is 14.1. The molecule has 3 aromatic rings. The molecule has 3 rings (SSSR count). The van der Waals surface area contributed by atoms with E-state index in [1.54, 1.807) is 37.5 Å². The molecule has 1 unspecified atom stereocenters. The maximum atomic E-state index is 14.1. The van der Waals surface area contributed by atoms with E-state index in [1.807, 2.05) is 24.3 Å². The van der Waals surface area contributed by atoms with Crippen molar-refractivity contribution in [2.24, 2.45) is 0 Å². The van der Waals surface area contributed by atoms with Gasteiger partial charge in [-0.3, -0.25) is 19.5 Å². The zero-order chi connectivity index (χ0) is 24.9. The predicted octanol–water partition coefficient (Wildman–Crippen LogP) is 6.12. The molecule has 6 heteroatoms. The van der Waals surface area contributed by atoms with Crippen molar-refractivity contribution in [3.05, 3.63) is 102 Å². The molecule has 0 aliphatic heterocycles. The molecule has 0 spiro atoms. The van der Waals surface area contributed by atoms with Crippen LogP contribution in [0.4, 0.5) is 15.8 Å². The van der Waals surface area contributed by atoms with Gasteiger partial charge in [0.15, 0.2) is 0 Å². The van der Waals surface area contributed by atoms with E-state index in [2.05, 4.69) is 37.7 Å². The summed E-state index contributed by atoms with van der Waals surface area (Å²) in [6.07, 6.45) is 5.26. The lowest BCUT2D eigenvalue weighted by molar-refractivity contribution is -0.121. The number of carbonyl (C=O) groups is 2. The second kappa shape index (κ2) is 10.4. The Balaban J connectivity index is 2.09. The number of pyridine rings is 1. The van der Waals surface area contributed by atoms with Crippen molar-refractivity contribution in [1.29, 1.82) is 0 Å². The topological polar surface area (TPSA) is 62.3 Å². The lowest BCUT2D eigenvalue weighted by Crippen LogP contribution is -2.41. The fraction of sp³-hybridized carbons (Fsp3) is 0.250. The standard InChI is InChI=1S/C28H30FN3O2/c1-6-25(33)32(22-15-13-21(14-16-22)28(4,5)7-2)26(20-10-9-17-30-18-20)27(34)31-24-12-8-11-23(29)19(24)3/h6,8-18,26H,1,7H2,2-5H3,(H,31,34). The molecule has 2 aromatic carbocycles. The number of hydrogen-bond acceptors (Lipinski definition) is 3. The minimum atomic E-state index is -1.05. The third kappa shape index (κ3) is 5.22. The number of benzene rings is 2. The number of aromatic nitrogens is 1. The van der Waals surface area contributed by atoms with Gasteiger partial charge >= 0.3 is 0 Å². The van der Waals surface area contributed by atoms with Crippen molar-refractivity contribution in [2.75, 3.05) is 10.2 Å². The fourth-order valence-corrected chi connectivity index (χ4v) is 3.68. The number of rotatable bonds is 8. The van der Waals surface area contributed by atoms with Gasteiger partial charge in [0, 0.05) is 34.9 Å². The summed E-state index contributed by atoms with van der Waals surface area (Å²) in [4.78, 5) is 32.2. The van der Waals surface area contributed by atoms with Gasteiger partial charge in [0.1, 0.15) is 11.9 Å². The third-order valence-corrected chi connectivity index (χ3v) is 6.26. The number of anilines is 2. The summed E-state index contributed by atoms with van der Waals surface area (Å²) in [6.45, 7) is 11.7. The average molecular weight is 460 g/mol. The highest BCUT2D eigenvalue weighted by Crippen LogP contribution is 2.33. The van der Waals surface area contributed by atoms with Gasteiger partial charge in [-0.2, -0.15) is 0 Å². The van der Waals surface area contributed by atoms with E-state index < -0.39 is 23.7 Å². The number of amides is 2. The van der Waals surface area contributed by atoms with Crippen LogP contribution in [0.25, 0.3) is 0 Å². The van der Waals surface area contributed by atoms with Crippen LogP contribution >= 0.6 is 0 Å². The molecule has 1 heterocycles. The van der Waals surface area contributed by atoms with Gasteiger partial charge in [-0.15, -0.1) is 0 Å². The van der Waals surface area contributed by atoms with Gasteiger partial charge < -0.3 is 5.32 Å². The fourth-order valence-electron chi connectivity index (χ4n) is 3.68. The van der Waals surface area contributed by atoms with Crippen LogP contribution in [-0.4, -0.2) is 16.8 Å². The van der Waals surface area contributed by atoms with E-state index in [0.29, 0.717) is 22.5 Å². The Kier molecular flexibility index (Phi) is 7.61. The minimum Gasteiger partial charge on any atom is -0.324 e. The maximum absolute atomic E-state index is 14.1. The van der Waals surface area contributed by atoms with Crippen molar-refractivity contribution in [1.82, 2.24) is 4.98 Å². The zero-order valence-electron chi connectivity index (χ0n) is 20.0. The molecule has 0 aliphatic carbocycles. The van der Waals surface area contributed by atoms with Crippen LogP contribution in [0.1, 0.15) is 49.9 Å². The third-order valence-electron chi connectivity index (χ3n) is 6.26. The van der Waals surface area contributed by atoms with Crippen LogP contribution in [0.15, 0.2) is 79.6 Å². The molecule has 34 heavy (non-hydrogen) atoms. The highest BCUT2D eigenvalue weighted by molar-refractivity contribution is 6.09. The molecule has 0 fully saturated rings. The first-order valence-electron chi connectivity index (χ1n) is 11.2. The highest BCUT2D eigenvalue weighted by atomic mass is 19.1. The molecule has 176 valence electrons. The lowest BCUT2D eigenvalue weighted by atomic mass is 9.82. The Bertz CT molecular complexity index is 1170. The number of carbonyl (C=O) groups excluding carboxylic acids is 2. The van der Waals surface area contributed by atoms with Crippen molar-refractivity contribution in [3.8, 4) is 0 Å². The molecule has 0 saturated carbocycles. The van der Waals surface area contributed by atoms with Gasteiger partial charge in [-0.05, 0) is 60.7 Å². The molecule has 0 radical (unpaired) electrons. The normalized spacial score (nSPS) is 12.0. The summed E-state index contributed by atoms with van der Waals surface area (Å²) >= 11 is 0. The summed E-state index contributed by atoms with van der Waals surface area (Å²) in [5.41, 5.74) is 2.81. The lowest BCUT2D eigenvalue weighted by Gasteiger charge is -2.31. The molecule has 0 bridgehead atoms. The monoisotopic (exact) mass is 459 g/mol. The Hall–Kier alpha value is -3.80. The Labute approximate surface area is 200 Å². The van der Waals surface area contributed by atoms with Crippen LogP contribution in [-0.2, 0) is 15.0 Å². The molecular formula is C28H30FN3O2. The molecule has 0 aliphatic rings. The molecule has 0 saturated heterocycles. The van der Waals surface area contributed by atoms with Gasteiger partial charge in [-0.1, -0.05) is 51.6 Å². The molecule has 5 nitrogen and oxygen atoms in total. The minimum absolute atomic E-state index is 0.0269. The van der Waals surface area contributed by atoms with Crippen LogP contribution in [0.5, 0.6) is 0 Å². The quantitative estimate of drug-likeness (QED) is 0.413. The largest absolute Gasteiger partial charge is 0.324 e. The smallest absolute Gasteiger partial charge is 0.252 e. The molecule has 2 amide bonds. The van der Waals surface area contributed by atoms with Crippen molar-refractivity contribution in [2.45, 2.75) is 45.6 Å². The number of halogens is 1. The van der Waals surface area contributed by atoms with Crippen LogP contribution in [0.2, 0.25) is 0 Å². The van der Waals surface area contributed by atoms with Gasteiger partial charge in [0.05, 0.1) is 0 Å². The van der Waals surface area contributed by atoms with Crippen LogP contribution in [0.3, 0.4) is 0 Å². The molecule has 1 atom stereocenters. The zero-order valence-corrected chi connectivity index (χ0v) is 20.0. The van der Waals surface area contributed by atoms with Crippen LogP contribution < -0.4 is 10.2 Å². The van der Waals surface area contributed by atoms with Gasteiger partial charge in [0.25, 0.3) is 11.8 Å². The Morgan fingerprint density at radius 2 is 1.85 bits per heavy atom. The number of nitrogens with one attached hydrogen (secondary N) is 1. The first-order chi connectivity index (χ1) is 16.2. The summed E-state index contributed by atoms with van der Waals surface area (Å²) in [6, 6.07) is 14.5. The summed E-state index contributed by atoms with van der Waals surface area (Å²) in [5.74, 6) is -1.36. The van der Waals surface area contributed by atoms with Gasteiger partial charge in [-0.25, -0.2) is 4.39 Å². The molecular weight excluding hydrogens is 429 g/mol. The van der Waals surface area contributed by atoms with Crippen molar-refractivity contribution >= 4 is 23.2 Å². The van der Waals surface area contributed by atoms with Crippen molar-refractivity contribution < 1.29 is 14.0 Å². The first-order valence-corrected chi connectivity index (χ1v) is 11.2. The summed E-state index contributed by atoms with van der Waals surface area (Å²) in [7, 11) is 0. The van der Waals surface area contributed by atoms with E-state index in [1.165, 1.54) is 23.1 Å². The highest BCUT2D eigenvalue weighted by Gasteiger charge is 2.32. The average Bonchev–Trinajstić information content (AvgIpc) is 2.85. The summed E-state index contributed by atoms with van der Waals surface area (Å²) in [5, 5.41) is 2.79. The van der Waals surface area contributed by atoms with E-state index in [-0.39, 0.29) is 5.41 Å². The number of hydrogen-bond donors (Lipinski definition) is 1. The second-order valence-electron chi connectivity index (χ2n) is 8.79. The van der Waals surface area contributed by atoms with Crippen molar-refractivity contribution in [3.63, 3.8) is 0 Å². The maximum Gasteiger partial charge on any atom is 0.252 e. The van der Waals surface area contributed by atoms with Gasteiger partial charge in [0.2, 0.25) is 0 Å². The predicted molar refractivity (Wildman–Crippen MR) is 134 cm³/mol. The van der Waals surface area contributed by atoms with Crippen LogP contribution in [0, 0.1) is 12.7 Å². The van der Waals surface area contributed by atoms with E-state index >= 15 is 0 Å². The molecule has 1 aromatic heterocycles. The Morgan fingerprint density at radius 1 is 1.15 bits per heavy atom. The first kappa shape index (κ1) is 24.8. The van der Waals surface area contributed by atoms with E-state index in [4.69, 9.17) is 0 Å². The SMILES string of the molecule is C=CC(=O)N(c1ccc(C(C)(C)CC)cc1)C(C(=O)Nc1cccc(F)c1C)c1cccnc1. The van der Waals surface area contributed by atoms with E-state index in [0.717, 1.165) is 12.0 Å².